The van der Waals surface area contributed by atoms with Crippen LogP contribution in [0.15, 0.2) is 40.9 Å². The van der Waals surface area contributed by atoms with Crippen molar-refractivity contribution < 1.29 is 31.6 Å². The van der Waals surface area contributed by atoms with Gasteiger partial charge in [0.15, 0.2) is 0 Å². The number of halogens is 6. The lowest BCUT2D eigenvalue weighted by molar-refractivity contribution is -0.384. The molecule has 0 radical (unpaired) electrons. The first-order valence-corrected chi connectivity index (χ1v) is 8.02. The Labute approximate surface area is 158 Å². The van der Waals surface area contributed by atoms with Crippen LogP contribution in [0.4, 0.5) is 33.3 Å². The Balaban J connectivity index is 2.36. The second-order valence-corrected chi connectivity index (χ2v) is 6.48. The Morgan fingerprint density at radius 3 is 2.19 bits per heavy atom. The Morgan fingerprint density at radius 2 is 1.70 bits per heavy atom. The molecule has 0 saturated carbocycles. The lowest BCUT2D eigenvalue weighted by atomic mass is 10.1. The van der Waals surface area contributed by atoms with Crippen molar-refractivity contribution in [2.24, 2.45) is 0 Å². The molecule has 0 unspecified atom stereocenters. The van der Waals surface area contributed by atoms with Crippen molar-refractivity contribution in [3.05, 3.63) is 56.5 Å². The van der Waals surface area contributed by atoms with Gasteiger partial charge >= 0.3 is 12.1 Å². The average Bonchev–Trinajstić information content (AvgIpc) is 2.55. The number of nitro benzene ring substituents is 1. The van der Waals surface area contributed by atoms with Gasteiger partial charge in [-0.3, -0.25) is 10.1 Å². The van der Waals surface area contributed by atoms with Crippen molar-refractivity contribution in [2.75, 3.05) is 19.0 Å². The summed E-state index contributed by atoms with van der Waals surface area (Å²) in [6, 6.07) is 6.01. The van der Waals surface area contributed by atoms with Crippen molar-refractivity contribution >= 4 is 27.3 Å². The predicted octanol–water partition coefficient (Wildman–Crippen LogP) is 5.87. The number of nitrogens with zero attached hydrogens (tertiary/aromatic N) is 2. The fourth-order valence-corrected chi connectivity index (χ4v) is 2.61. The molecule has 0 aromatic heterocycles. The summed E-state index contributed by atoms with van der Waals surface area (Å²) in [5.74, 6) is -4.91. The van der Waals surface area contributed by atoms with Crippen LogP contribution in [-0.2, 0) is 5.92 Å². The lowest BCUT2D eigenvalue weighted by Crippen LogP contribution is -2.33. The minimum atomic E-state index is -5.73. The standard InChI is InChI=1S/C16H12BrF5N2O3/c1-23(2)13-8-10(4-5-12(13)24(25)26)27-14-6-3-9(7-11(14)17)15(18,19)16(20,21)22/h3-8H,1-2H3. The van der Waals surface area contributed by atoms with Gasteiger partial charge in [-0.25, -0.2) is 0 Å². The summed E-state index contributed by atoms with van der Waals surface area (Å²) >= 11 is 2.90. The highest BCUT2D eigenvalue weighted by Gasteiger charge is 2.58. The van der Waals surface area contributed by atoms with E-state index in [0.29, 0.717) is 12.1 Å². The smallest absolute Gasteiger partial charge is 0.456 e. The first-order valence-electron chi connectivity index (χ1n) is 7.22. The Hall–Kier alpha value is -2.43. The molecule has 11 heteroatoms. The van der Waals surface area contributed by atoms with Crippen LogP contribution >= 0.6 is 15.9 Å². The van der Waals surface area contributed by atoms with E-state index in [9.17, 15) is 32.1 Å². The molecule has 0 N–H and O–H groups in total. The van der Waals surface area contributed by atoms with E-state index in [2.05, 4.69) is 15.9 Å². The third-order valence-electron chi connectivity index (χ3n) is 3.50. The molecule has 0 fully saturated rings. The summed E-state index contributed by atoms with van der Waals surface area (Å²) in [4.78, 5) is 11.9. The summed E-state index contributed by atoms with van der Waals surface area (Å²) in [7, 11) is 3.16. The van der Waals surface area contributed by atoms with Gasteiger partial charge in [0.1, 0.15) is 17.2 Å². The molecule has 2 aromatic rings. The summed E-state index contributed by atoms with van der Waals surface area (Å²) in [6.45, 7) is 0. The van der Waals surface area contributed by atoms with Gasteiger partial charge in [0.25, 0.3) is 5.69 Å². The average molecular weight is 455 g/mol. The number of rotatable bonds is 5. The van der Waals surface area contributed by atoms with Crippen molar-refractivity contribution in [1.82, 2.24) is 0 Å². The Kier molecular flexibility index (Phi) is 5.64. The quantitative estimate of drug-likeness (QED) is 0.322. The molecule has 146 valence electrons. The van der Waals surface area contributed by atoms with E-state index in [1.54, 1.807) is 14.1 Å². The lowest BCUT2D eigenvalue weighted by Gasteiger charge is -2.20. The molecule has 0 amide bonds. The van der Waals surface area contributed by atoms with Crippen LogP contribution in [0.3, 0.4) is 0 Å². The Morgan fingerprint density at radius 1 is 1.07 bits per heavy atom. The molecule has 2 rings (SSSR count). The number of hydrogen-bond donors (Lipinski definition) is 0. The molecule has 0 atom stereocenters. The van der Waals surface area contributed by atoms with Crippen LogP contribution < -0.4 is 9.64 Å². The zero-order chi connectivity index (χ0) is 20.6. The fraction of sp³-hybridized carbons (Fsp3) is 0.250. The zero-order valence-electron chi connectivity index (χ0n) is 13.9. The van der Waals surface area contributed by atoms with Crippen LogP contribution in [0.5, 0.6) is 11.5 Å². The van der Waals surface area contributed by atoms with Crippen LogP contribution in [0, 0.1) is 10.1 Å². The number of benzene rings is 2. The van der Waals surface area contributed by atoms with Gasteiger partial charge in [0, 0.05) is 31.8 Å². The maximum atomic E-state index is 13.4. The number of nitro groups is 1. The van der Waals surface area contributed by atoms with Crippen molar-refractivity contribution in [3.63, 3.8) is 0 Å². The van der Waals surface area contributed by atoms with Gasteiger partial charge in [-0.1, -0.05) is 0 Å². The highest BCUT2D eigenvalue weighted by Crippen LogP contribution is 2.45. The van der Waals surface area contributed by atoms with E-state index in [1.807, 2.05) is 0 Å². The van der Waals surface area contributed by atoms with Crippen molar-refractivity contribution in [3.8, 4) is 11.5 Å². The fourth-order valence-electron chi connectivity index (χ4n) is 2.15. The molecule has 0 spiro atoms. The normalized spacial score (nSPS) is 12.0. The molecule has 27 heavy (non-hydrogen) atoms. The van der Waals surface area contributed by atoms with Crippen LogP contribution in [0.1, 0.15) is 5.56 Å². The summed E-state index contributed by atoms with van der Waals surface area (Å²) in [5.41, 5.74) is -1.19. The third kappa shape index (κ3) is 4.29. The van der Waals surface area contributed by atoms with Gasteiger partial charge in [-0.15, -0.1) is 0 Å². The number of alkyl halides is 5. The van der Waals surface area contributed by atoms with Crippen LogP contribution in [-0.4, -0.2) is 25.2 Å². The van der Waals surface area contributed by atoms with E-state index in [-0.39, 0.29) is 27.3 Å². The maximum Gasteiger partial charge on any atom is 0.458 e. The maximum absolute atomic E-state index is 13.4. The Bertz CT molecular complexity index is 872. The molecule has 5 nitrogen and oxygen atoms in total. The SMILES string of the molecule is CN(C)c1cc(Oc2ccc(C(F)(F)C(F)(F)F)cc2Br)ccc1[N+](=O)[O-]. The van der Waals surface area contributed by atoms with E-state index >= 15 is 0 Å². The van der Waals surface area contributed by atoms with E-state index in [0.717, 1.165) is 6.07 Å². The van der Waals surface area contributed by atoms with Gasteiger partial charge < -0.3 is 9.64 Å². The van der Waals surface area contributed by atoms with Gasteiger partial charge in [-0.05, 0) is 40.2 Å². The largest absolute Gasteiger partial charge is 0.458 e. The van der Waals surface area contributed by atoms with Crippen LogP contribution in [0.25, 0.3) is 0 Å². The second-order valence-electron chi connectivity index (χ2n) is 5.62. The van der Waals surface area contributed by atoms with Gasteiger partial charge in [0.05, 0.1) is 9.40 Å². The molecule has 0 bridgehead atoms. The first-order chi connectivity index (χ1) is 12.3. The summed E-state index contributed by atoms with van der Waals surface area (Å²) in [5, 5.41) is 11.0. The minimum Gasteiger partial charge on any atom is -0.456 e. The molecule has 0 aliphatic carbocycles. The molecular formula is C16H12BrF5N2O3. The van der Waals surface area contributed by atoms with Gasteiger partial charge in [-0.2, -0.15) is 22.0 Å². The molecular weight excluding hydrogens is 443 g/mol. The van der Waals surface area contributed by atoms with Gasteiger partial charge in [0.2, 0.25) is 0 Å². The molecule has 0 aliphatic heterocycles. The van der Waals surface area contributed by atoms with E-state index < -0.39 is 22.6 Å². The van der Waals surface area contributed by atoms with Crippen LogP contribution in [0.2, 0.25) is 0 Å². The second kappa shape index (κ2) is 7.29. The van der Waals surface area contributed by atoms with Crippen molar-refractivity contribution in [2.45, 2.75) is 12.1 Å². The third-order valence-corrected chi connectivity index (χ3v) is 4.12. The van der Waals surface area contributed by atoms with E-state index in [1.165, 1.54) is 23.1 Å². The number of anilines is 1. The number of hydrogen-bond acceptors (Lipinski definition) is 4. The predicted molar refractivity (Wildman–Crippen MR) is 91.6 cm³/mol. The molecule has 0 aliphatic rings. The number of ether oxygens (including phenoxy) is 1. The van der Waals surface area contributed by atoms with E-state index in [4.69, 9.17) is 4.74 Å². The van der Waals surface area contributed by atoms with Crippen molar-refractivity contribution in [1.29, 1.82) is 0 Å². The summed E-state index contributed by atoms with van der Waals surface area (Å²) < 4.78 is 69.5. The highest BCUT2D eigenvalue weighted by molar-refractivity contribution is 9.10. The zero-order valence-corrected chi connectivity index (χ0v) is 15.4. The molecule has 0 saturated heterocycles. The highest BCUT2D eigenvalue weighted by atomic mass is 79.9. The topological polar surface area (TPSA) is 55.6 Å². The molecule has 2 aromatic carbocycles. The summed E-state index contributed by atoms with van der Waals surface area (Å²) in [6.07, 6.45) is -5.73. The monoisotopic (exact) mass is 454 g/mol. The first kappa shape index (κ1) is 20.9. The minimum absolute atomic E-state index is 0.0321. The molecule has 0 heterocycles.